The number of hydrogen-bond donors (Lipinski definition) is 1. The molecule has 14 heavy (non-hydrogen) atoms. The van der Waals surface area contributed by atoms with Gasteiger partial charge in [0, 0.05) is 17.5 Å². The highest BCUT2D eigenvalue weighted by molar-refractivity contribution is 7.98. The maximum atomic E-state index is 11.1. The summed E-state index contributed by atoms with van der Waals surface area (Å²) in [4.78, 5) is 0. The summed E-state index contributed by atoms with van der Waals surface area (Å²) in [6, 6.07) is 0.467. The third-order valence-electron chi connectivity index (χ3n) is 1.98. The van der Waals surface area contributed by atoms with E-state index in [0.717, 1.165) is 18.7 Å². The minimum Gasteiger partial charge on any atom is -0.313 e. The van der Waals surface area contributed by atoms with Crippen molar-refractivity contribution in [3.63, 3.8) is 0 Å². The van der Waals surface area contributed by atoms with Crippen LogP contribution in [0.15, 0.2) is 0 Å². The Morgan fingerprint density at radius 2 is 2.07 bits per heavy atom. The van der Waals surface area contributed by atoms with Gasteiger partial charge in [-0.3, -0.25) is 0 Å². The second kappa shape index (κ2) is 7.54. The fraction of sp³-hybridized carbons (Fsp3) is 1.00. The Morgan fingerprint density at radius 3 is 2.57 bits per heavy atom. The Hall–Kier alpha value is 0.260. The molecule has 86 valence electrons. The first kappa shape index (κ1) is 14.3. The SMILES string of the molecule is CCS(=O)(=O)CCCNC(C)CSC. The van der Waals surface area contributed by atoms with Gasteiger partial charge < -0.3 is 5.32 Å². The molecular weight excluding hydrogens is 218 g/mol. The third kappa shape index (κ3) is 7.64. The number of thioether (sulfide) groups is 1. The first-order valence-electron chi connectivity index (χ1n) is 4.94. The monoisotopic (exact) mass is 239 g/mol. The van der Waals surface area contributed by atoms with Gasteiger partial charge in [0.25, 0.3) is 0 Å². The van der Waals surface area contributed by atoms with E-state index in [1.807, 2.05) is 0 Å². The van der Waals surface area contributed by atoms with Gasteiger partial charge in [0.1, 0.15) is 9.84 Å². The van der Waals surface area contributed by atoms with Gasteiger partial charge in [-0.25, -0.2) is 8.42 Å². The molecule has 0 rings (SSSR count). The van der Waals surface area contributed by atoms with Crippen LogP contribution in [0.5, 0.6) is 0 Å². The Balaban J connectivity index is 3.47. The van der Waals surface area contributed by atoms with Gasteiger partial charge in [0.05, 0.1) is 5.75 Å². The van der Waals surface area contributed by atoms with Gasteiger partial charge in [-0.05, 0) is 26.1 Å². The zero-order chi connectivity index (χ0) is 11.0. The first-order valence-corrected chi connectivity index (χ1v) is 8.16. The first-order chi connectivity index (χ1) is 6.52. The van der Waals surface area contributed by atoms with Crippen molar-refractivity contribution in [3.05, 3.63) is 0 Å². The van der Waals surface area contributed by atoms with Gasteiger partial charge >= 0.3 is 0 Å². The van der Waals surface area contributed by atoms with Crippen LogP contribution in [0.25, 0.3) is 0 Å². The number of nitrogens with one attached hydrogen (secondary N) is 1. The minimum absolute atomic E-state index is 0.257. The molecule has 1 atom stereocenters. The smallest absolute Gasteiger partial charge is 0.150 e. The fourth-order valence-corrected chi connectivity index (χ4v) is 2.58. The van der Waals surface area contributed by atoms with E-state index in [4.69, 9.17) is 0 Å². The van der Waals surface area contributed by atoms with Crippen LogP contribution in [0.1, 0.15) is 20.3 Å². The van der Waals surface area contributed by atoms with Crippen LogP contribution in [-0.2, 0) is 9.84 Å². The van der Waals surface area contributed by atoms with Crippen LogP contribution in [0, 0.1) is 0 Å². The van der Waals surface area contributed by atoms with E-state index in [0.29, 0.717) is 11.8 Å². The molecule has 0 bridgehead atoms. The number of rotatable bonds is 8. The molecule has 1 N–H and O–H groups in total. The molecule has 0 aliphatic rings. The predicted molar refractivity (Wildman–Crippen MR) is 64.8 cm³/mol. The number of sulfone groups is 1. The molecule has 3 nitrogen and oxygen atoms in total. The highest BCUT2D eigenvalue weighted by Crippen LogP contribution is 1.97. The molecule has 0 spiro atoms. The average molecular weight is 239 g/mol. The van der Waals surface area contributed by atoms with Crippen molar-refractivity contribution in [1.82, 2.24) is 5.32 Å². The van der Waals surface area contributed by atoms with E-state index < -0.39 is 9.84 Å². The summed E-state index contributed by atoms with van der Waals surface area (Å²) in [6.45, 7) is 4.60. The molecule has 0 amide bonds. The molecule has 0 saturated heterocycles. The van der Waals surface area contributed by atoms with Crippen LogP contribution < -0.4 is 5.32 Å². The normalized spacial score (nSPS) is 14.2. The second-order valence-electron chi connectivity index (χ2n) is 3.40. The minimum atomic E-state index is -2.77. The lowest BCUT2D eigenvalue weighted by atomic mass is 10.3. The molecule has 5 heteroatoms. The van der Waals surface area contributed by atoms with Gasteiger partial charge in [-0.1, -0.05) is 6.92 Å². The molecule has 0 heterocycles. The lowest BCUT2D eigenvalue weighted by Gasteiger charge is -2.11. The Kier molecular flexibility index (Phi) is 7.68. The zero-order valence-electron chi connectivity index (χ0n) is 9.25. The third-order valence-corrected chi connectivity index (χ3v) is 4.61. The van der Waals surface area contributed by atoms with Crippen LogP contribution >= 0.6 is 11.8 Å². The van der Waals surface area contributed by atoms with E-state index in [1.54, 1.807) is 18.7 Å². The Bertz CT molecular complexity index is 227. The van der Waals surface area contributed by atoms with Crippen molar-refractivity contribution < 1.29 is 8.42 Å². The van der Waals surface area contributed by atoms with Crippen molar-refractivity contribution in [2.45, 2.75) is 26.3 Å². The summed E-state index contributed by atoms with van der Waals surface area (Å²) in [5, 5.41) is 3.29. The molecule has 0 aromatic rings. The summed E-state index contributed by atoms with van der Waals surface area (Å²) >= 11 is 1.80. The molecule has 0 aliphatic heterocycles. The summed E-state index contributed by atoms with van der Waals surface area (Å²) in [5.74, 6) is 1.64. The highest BCUT2D eigenvalue weighted by Gasteiger charge is 2.06. The largest absolute Gasteiger partial charge is 0.313 e. The Morgan fingerprint density at radius 1 is 1.43 bits per heavy atom. The molecule has 0 aliphatic carbocycles. The highest BCUT2D eigenvalue weighted by atomic mass is 32.2. The van der Waals surface area contributed by atoms with Gasteiger partial charge in [0.15, 0.2) is 0 Å². The van der Waals surface area contributed by atoms with Crippen LogP contribution in [0.3, 0.4) is 0 Å². The molecule has 1 unspecified atom stereocenters. The molecule has 0 radical (unpaired) electrons. The van der Waals surface area contributed by atoms with Crippen molar-refractivity contribution in [1.29, 1.82) is 0 Å². The lowest BCUT2D eigenvalue weighted by molar-refractivity contribution is 0.573. The van der Waals surface area contributed by atoms with Gasteiger partial charge in [0.2, 0.25) is 0 Å². The van der Waals surface area contributed by atoms with E-state index in [-0.39, 0.29) is 5.75 Å². The second-order valence-corrected chi connectivity index (χ2v) is 6.78. The topological polar surface area (TPSA) is 46.2 Å². The summed E-state index contributed by atoms with van der Waals surface area (Å²) in [6.07, 6.45) is 2.79. The van der Waals surface area contributed by atoms with E-state index >= 15 is 0 Å². The van der Waals surface area contributed by atoms with E-state index in [1.165, 1.54) is 0 Å². The lowest BCUT2D eigenvalue weighted by Crippen LogP contribution is -2.30. The van der Waals surface area contributed by atoms with Crippen molar-refractivity contribution in [3.8, 4) is 0 Å². The van der Waals surface area contributed by atoms with Crippen LogP contribution in [-0.4, -0.2) is 44.5 Å². The molecule has 0 fully saturated rings. The predicted octanol–water partition coefficient (Wildman–Crippen LogP) is 1.15. The molecule has 0 aromatic carbocycles. The maximum Gasteiger partial charge on any atom is 0.150 e. The average Bonchev–Trinajstić information content (AvgIpc) is 2.13. The quantitative estimate of drug-likeness (QED) is 0.646. The van der Waals surface area contributed by atoms with Gasteiger partial charge in [-0.15, -0.1) is 0 Å². The summed E-state index contributed by atoms with van der Waals surface area (Å²) < 4.78 is 22.3. The van der Waals surface area contributed by atoms with Crippen LogP contribution in [0.4, 0.5) is 0 Å². The zero-order valence-corrected chi connectivity index (χ0v) is 10.9. The van der Waals surface area contributed by atoms with Crippen molar-refractivity contribution >= 4 is 21.6 Å². The van der Waals surface area contributed by atoms with Crippen LogP contribution in [0.2, 0.25) is 0 Å². The maximum absolute atomic E-state index is 11.1. The van der Waals surface area contributed by atoms with E-state index in [2.05, 4.69) is 18.5 Å². The van der Waals surface area contributed by atoms with Crippen molar-refractivity contribution in [2.24, 2.45) is 0 Å². The molecule has 0 aromatic heterocycles. The number of hydrogen-bond acceptors (Lipinski definition) is 4. The Labute approximate surface area is 92.0 Å². The standard InChI is InChI=1S/C9H21NO2S2/c1-4-14(11,12)7-5-6-10-9(2)8-13-3/h9-10H,4-8H2,1-3H3. The molecule has 0 saturated carbocycles. The summed E-state index contributed by atoms with van der Waals surface area (Å²) in [7, 11) is -2.77. The summed E-state index contributed by atoms with van der Waals surface area (Å²) in [5.41, 5.74) is 0. The molecular formula is C9H21NO2S2. The fourth-order valence-electron chi connectivity index (χ4n) is 1.09. The van der Waals surface area contributed by atoms with Crippen molar-refractivity contribution in [2.75, 3.05) is 30.1 Å². The van der Waals surface area contributed by atoms with Gasteiger partial charge in [-0.2, -0.15) is 11.8 Å². The van der Waals surface area contributed by atoms with E-state index in [9.17, 15) is 8.42 Å².